The van der Waals surface area contributed by atoms with Crippen LogP contribution in [0.1, 0.15) is 35.4 Å². The number of nitrogens with two attached hydrogens (primary N) is 1. The van der Waals surface area contributed by atoms with E-state index >= 15 is 0 Å². The van der Waals surface area contributed by atoms with Gasteiger partial charge in [0.25, 0.3) is 0 Å². The van der Waals surface area contributed by atoms with Crippen molar-refractivity contribution in [3.8, 4) is 11.8 Å². The summed E-state index contributed by atoms with van der Waals surface area (Å²) in [5, 5.41) is 0. The van der Waals surface area contributed by atoms with Gasteiger partial charge in [-0.15, -0.1) is 0 Å². The Kier molecular flexibility index (Phi) is 5.08. The third-order valence-corrected chi connectivity index (χ3v) is 5.56. The van der Waals surface area contributed by atoms with E-state index in [0.717, 1.165) is 50.1 Å². The molecule has 0 saturated carbocycles. The first-order valence-electron chi connectivity index (χ1n) is 9.51. The van der Waals surface area contributed by atoms with Gasteiger partial charge in [0.1, 0.15) is 0 Å². The summed E-state index contributed by atoms with van der Waals surface area (Å²) in [5.74, 6) is 6.78. The molecule has 1 aromatic carbocycles. The summed E-state index contributed by atoms with van der Waals surface area (Å²) in [6.45, 7) is 3.66. The second-order valence-corrected chi connectivity index (χ2v) is 7.27. The minimum atomic E-state index is -0.302. The van der Waals surface area contributed by atoms with Gasteiger partial charge in [-0.25, -0.2) is 4.79 Å². The molecular formula is C22H24N4O. The number of carbonyl (C=O) groups excluding carboxylic acids is 1. The van der Waals surface area contributed by atoms with E-state index in [-0.39, 0.29) is 6.03 Å². The van der Waals surface area contributed by atoms with E-state index in [1.165, 1.54) is 5.56 Å². The van der Waals surface area contributed by atoms with Gasteiger partial charge >= 0.3 is 6.03 Å². The van der Waals surface area contributed by atoms with Gasteiger partial charge in [0, 0.05) is 55.1 Å². The molecule has 2 aromatic rings. The topological polar surface area (TPSA) is 62.5 Å². The van der Waals surface area contributed by atoms with Gasteiger partial charge in [-0.2, -0.15) is 0 Å². The molecule has 1 aromatic heterocycles. The second-order valence-electron chi connectivity index (χ2n) is 7.27. The monoisotopic (exact) mass is 360 g/mol. The highest BCUT2D eigenvalue weighted by molar-refractivity contribution is 5.72. The highest BCUT2D eigenvalue weighted by Gasteiger charge is 2.41. The SMILES string of the molecule is NC(=O)N1CCCCN2CC(c3ccc(C#Cc4cccnc4)cc3)C2C1. The van der Waals surface area contributed by atoms with E-state index in [9.17, 15) is 4.79 Å². The van der Waals surface area contributed by atoms with E-state index in [2.05, 4.69) is 46.0 Å². The summed E-state index contributed by atoms with van der Waals surface area (Å²) in [5.41, 5.74) is 8.78. The quantitative estimate of drug-likeness (QED) is 0.795. The van der Waals surface area contributed by atoms with Gasteiger partial charge in [0.05, 0.1) is 0 Å². The number of hydrogen-bond acceptors (Lipinski definition) is 3. The van der Waals surface area contributed by atoms with Gasteiger partial charge in [0.2, 0.25) is 0 Å². The molecule has 2 aliphatic heterocycles. The number of rotatable bonds is 1. The Morgan fingerprint density at radius 3 is 2.56 bits per heavy atom. The molecular weight excluding hydrogens is 336 g/mol. The van der Waals surface area contributed by atoms with Crippen LogP contribution in [0.4, 0.5) is 4.79 Å². The number of aromatic nitrogens is 1. The van der Waals surface area contributed by atoms with Gasteiger partial charge in [-0.3, -0.25) is 9.88 Å². The van der Waals surface area contributed by atoms with Crippen molar-refractivity contribution in [2.75, 3.05) is 26.2 Å². The van der Waals surface area contributed by atoms with Crippen molar-refractivity contribution >= 4 is 6.03 Å². The van der Waals surface area contributed by atoms with Crippen LogP contribution >= 0.6 is 0 Å². The summed E-state index contributed by atoms with van der Waals surface area (Å²) < 4.78 is 0. The average molecular weight is 360 g/mol. The summed E-state index contributed by atoms with van der Waals surface area (Å²) in [4.78, 5) is 20.0. The zero-order chi connectivity index (χ0) is 18.6. The molecule has 2 unspecified atom stereocenters. The lowest BCUT2D eigenvalue weighted by atomic mass is 9.81. The number of nitrogens with zero attached hydrogens (tertiary/aromatic N) is 3. The smallest absolute Gasteiger partial charge is 0.314 e. The van der Waals surface area contributed by atoms with Gasteiger partial charge in [0.15, 0.2) is 0 Å². The Morgan fingerprint density at radius 2 is 1.81 bits per heavy atom. The third kappa shape index (κ3) is 3.96. The molecule has 2 saturated heterocycles. The second kappa shape index (κ2) is 7.81. The molecule has 5 nitrogen and oxygen atoms in total. The number of benzene rings is 1. The molecule has 5 heteroatoms. The number of hydrogen-bond donors (Lipinski definition) is 1. The molecule has 27 heavy (non-hydrogen) atoms. The van der Waals surface area contributed by atoms with E-state index < -0.39 is 0 Å². The Bertz CT molecular complexity index is 853. The number of fused-ring (bicyclic) bond motifs is 1. The van der Waals surface area contributed by atoms with Crippen LogP contribution in [0.15, 0.2) is 48.8 Å². The standard InChI is InChI=1S/C22H24N4O/c23-22(27)26-13-2-1-12-25-15-20(21(25)16-26)19-9-7-17(8-10-19)5-6-18-4-3-11-24-14-18/h3-4,7-11,14,20-21H,1-2,12-13,15-16H2,(H2,23,27). The van der Waals surface area contributed by atoms with Gasteiger partial charge in [-0.1, -0.05) is 24.0 Å². The average Bonchev–Trinajstić information content (AvgIpc) is 2.67. The molecule has 2 fully saturated rings. The lowest BCUT2D eigenvalue weighted by Gasteiger charge is -2.51. The molecule has 2 amide bonds. The Morgan fingerprint density at radius 1 is 1.04 bits per heavy atom. The Hall–Kier alpha value is -2.84. The lowest BCUT2D eigenvalue weighted by Crippen LogP contribution is -2.61. The van der Waals surface area contributed by atoms with Crippen molar-refractivity contribution in [3.63, 3.8) is 0 Å². The maximum Gasteiger partial charge on any atom is 0.314 e. The van der Waals surface area contributed by atoms with Crippen LogP contribution in [0.5, 0.6) is 0 Å². The van der Waals surface area contributed by atoms with Crippen LogP contribution in [0.25, 0.3) is 0 Å². The van der Waals surface area contributed by atoms with Crippen LogP contribution in [-0.4, -0.2) is 53.0 Å². The number of primary amides is 1. The minimum Gasteiger partial charge on any atom is -0.351 e. The predicted molar refractivity (Wildman–Crippen MR) is 105 cm³/mol. The predicted octanol–water partition coefficient (Wildman–Crippen LogP) is 2.42. The third-order valence-electron chi connectivity index (χ3n) is 5.56. The fourth-order valence-corrected chi connectivity index (χ4v) is 3.98. The van der Waals surface area contributed by atoms with E-state index in [1.807, 2.05) is 12.1 Å². The normalized spacial score (nSPS) is 22.4. The fraction of sp³-hybridized carbons (Fsp3) is 0.364. The first kappa shape index (κ1) is 17.6. The highest BCUT2D eigenvalue weighted by Crippen LogP contribution is 2.35. The first-order chi connectivity index (χ1) is 13.2. The van der Waals surface area contributed by atoms with Gasteiger partial charge in [-0.05, 0) is 49.2 Å². The molecule has 2 atom stereocenters. The highest BCUT2D eigenvalue weighted by atomic mass is 16.2. The Labute approximate surface area is 160 Å². The van der Waals surface area contributed by atoms with Crippen LogP contribution < -0.4 is 5.73 Å². The van der Waals surface area contributed by atoms with Crippen LogP contribution in [0.3, 0.4) is 0 Å². The molecule has 4 rings (SSSR count). The minimum absolute atomic E-state index is 0.302. The number of urea groups is 1. The van der Waals surface area contributed by atoms with E-state index in [1.54, 1.807) is 17.3 Å². The Balaban J connectivity index is 1.46. The van der Waals surface area contributed by atoms with Crippen LogP contribution in [-0.2, 0) is 0 Å². The van der Waals surface area contributed by atoms with Crippen LogP contribution in [0.2, 0.25) is 0 Å². The van der Waals surface area contributed by atoms with Gasteiger partial charge < -0.3 is 10.6 Å². The van der Waals surface area contributed by atoms with E-state index in [4.69, 9.17) is 5.73 Å². The van der Waals surface area contributed by atoms with Crippen molar-refractivity contribution in [1.29, 1.82) is 0 Å². The van der Waals surface area contributed by atoms with E-state index in [0.29, 0.717) is 12.0 Å². The maximum atomic E-state index is 11.7. The number of pyridine rings is 1. The molecule has 3 heterocycles. The molecule has 2 aliphatic rings. The van der Waals surface area contributed by atoms with Crippen molar-refractivity contribution < 1.29 is 4.79 Å². The van der Waals surface area contributed by atoms with Crippen molar-refractivity contribution in [2.24, 2.45) is 5.73 Å². The molecule has 0 radical (unpaired) electrons. The molecule has 0 aliphatic carbocycles. The number of carbonyl (C=O) groups is 1. The molecule has 2 N–H and O–H groups in total. The molecule has 138 valence electrons. The zero-order valence-electron chi connectivity index (χ0n) is 15.3. The maximum absolute atomic E-state index is 11.7. The van der Waals surface area contributed by atoms with Crippen molar-refractivity contribution in [2.45, 2.75) is 24.8 Å². The largest absolute Gasteiger partial charge is 0.351 e. The first-order valence-corrected chi connectivity index (χ1v) is 9.51. The zero-order valence-corrected chi connectivity index (χ0v) is 15.3. The summed E-state index contributed by atoms with van der Waals surface area (Å²) >= 11 is 0. The lowest BCUT2D eigenvalue weighted by molar-refractivity contribution is 0.0267. The van der Waals surface area contributed by atoms with Crippen LogP contribution in [0, 0.1) is 11.8 Å². The molecule has 0 bridgehead atoms. The number of amides is 2. The fourth-order valence-electron chi connectivity index (χ4n) is 3.98. The summed E-state index contributed by atoms with van der Waals surface area (Å²) in [7, 11) is 0. The van der Waals surface area contributed by atoms with Crippen molar-refractivity contribution in [1.82, 2.24) is 14.8 Å². The molecule has 0 spiro atoms. The van der Waals surface area contributed by atoms with Crippen molar-refractivity contribution in [3.05, 3.63) is 65.5 Å². The summed E-state index contributed by atoms with van der Waals surface area (Å²) in [6, 6.07) is 12.4. The summed E-state index contributed by atoms with van der Waals surface area (Å²) in [6.07, 6.45) is 5.66.